The lowest BCUT2D eigenvalue weighted by Gasteiger charge is -2.26. The second-order valence-electron chi connectivity index (χ2n) is 10.5. The molecule has 1 amide bonds. The molecule has 4 aromatic rings. The molecule has 0 bridgehead atoms. The summed E-state index contributed by atoms with van der Waals surface area (Å²) in [5.41, 5.74) is 0.122. The van der Waals surface area contributed by atoms with Gasteiger partial charge in [-0.3, -0.25) is 23.4 Å². The first-order valence-corrected chi connectivity index (χ1v) is 15.0. The van der Waals surface area contributed by atoms with Crippen molar-refractivity contribution >= 4 is 67.5 Å². The molecule has 1 aliphatic heterocycles. The molecule has 42 heavy (non-hydrogen) atoms. The van der Waals surface area contributed by atoms with Crippen molar-refractivity contribution in [2.24, 2.45) is 0 Å². The number of nitrogens with zero attached hydrogens (tertiary/aromatic N) is 5. The minimum Gasteiger partial charge on any atom is -0.459 e. The fourth-order valence-electron chi connectivity index (χ4n) is 4.43. The zero-order valence-electron chi connectivity index (χ0n) is 23.0. The maximum atomic E-state index is 13.8. The molecule has 1 fully saturated rings. The van der Waals surface area contributed by atoms with Crippen molar-refractivity contribution in [3.8, 4) is 5.82 Å². The Bertz CT molecular complexity index is 1750. The Hall–Kier alpha value is -3.71. The van der Waals surface area contributed by atoms with Crippen LogP contribution in [-0.2, 0) is 29.1 Å². The molecule has 0 atom stereocenters. The summed E-state index contributed by atoms with van der Waals surface area (Å²) in [5, 5.41) is 0.946. The molecule has 0 N–H and O–H groups in total. The predicted octanol–water partition coefficient (Wildman–Crippen LogP) is 4.63. The van der Waals surface area contributed by atoms with Gasteiger partial charge in [-0.15, -0.1) is 0 Å². The number of ether oxygens (including phenoxy) is 2. The molecular weight excluding hydrogens is 605 g/mol. The topological polar surface area (TPSA) is 124 Å². The number of hydrogen-bond donors (Lipinski definition) is 0. The highest BCUT2D eigenvalue weighted by atomic mass is 35.5. The normalized spacial score (nSPS) is 14.3. The Balaban J connectivity index is 1.50. The Morgan fingerprint density at radius 1 is 1.05 bits per heavy atom. The molecule has 5 rings (SSSR count). The van der Waals surface area contributed by atoms with Crippen molar-refractivity contribution in [3.63, 3.8) is 0 Å². The van der Waals surface area contributed by atoms with Gasteiger partial charge in [-0.05, 0) is 63.2 Å². The van der Waals surface area contributed by atoms with Gasteiger partial charge in [0.15, 0.2) is 11.6 Å². The van der Waals surface area contributed by atoms with Gasteiger partial charge >= 0.3 is 5.97 Å². The fourth-order valence-corrected chi connectivity index (χ4v) is 6.56. The van der Waals surface area contributed by atoms with E-state index in [-0.39, 0.29) is 33.1 Å². The fraction of sp³-hybridized carbons (Fsp3) is 0.286. The third-order valence-electron chi connectivity index (χ3n) is 6.21. The van der Waals surface area contributed by atoms with E-state index in [2.05, 4.69) is 9.97 Å². The smallest absolute Gasteiger partial charge is 0.327 e. The van der Waals surface area contributed by atoms with Crippen molar-refractivity contribution in [2.75, 3.05) is 35.5 Å². The van der Waals surface area contributed by atoms with E-state index in [0.29, 0.717) is 35.7 Å². The van der Waals surface area contributed by atoms with Gasteiger partial charge in [0.25, 0.3) is 15.9 Å². The minimum atomic E-state index is -4.29. The zero-order valence-corrected chi connectivity index (χ0v) is 25.3. The second-order valence-corrected chi connectivity index (χ2v) is 13.2. The third-order valence-corrected chi connectivity index (χ3v) is 8.40. The molecule has 1 saturated heterocycles. The van der Waals surface area contributed by atoms with Gasteiger partial charge in [0.05, 0.1) is 41.6 Å². The average molecular weight is 633 g/mol. The molecule has 0 unspecified atom stereocenters. The number of esters is 1. The highest BCUT2D eigenvalue weighted by molar-refractivity contribution is 7.92. The number of fused-ring (bicyclic) bond motifs is 1. The lowest BCUT2D eigenvalue weighted by atomic mass is 10.2. The Kier molecular flexibility index (Phi) is 8.17. The first-order chi connectivity index (χ1) is 19.8. The highest BCUT2D eigenvalue weighted by Crippen LogP contribution is 2.31. The monoisotopic (exact) mass is 631 g/mol. The number of morpholine rings is 1. The molecule has 0 saturated carbocycles. The number of halogens is 2. The standard InChI is InChI=1S/C28H27Cl2N5O6S/c1-28(2,3)41-27(37)16-35(42(38,39)22-12-19(29)11-20(30)13-22)21-4-5-23-18(10-21)6-7-33(23)24-14-32-25(15-31-24)34-8-9-40-17-26(34)36/h4-7,10-15H,8-9,16-17H2,1-3H3. The zero-order chi connectivity index (χ0) is 30.2. The number of anilines is 2. The van der Waals surface area contributed by atoms with Crippen LogP contribution < -0.4 is 9.21 Å². The number of amides is 1. The third kappa shape index (κ3) is 6.36. The maximum Gasteiger partial charge on any atom is 0.327 e. The molecule has 220 valence electrons. The molecule has 2 aromatic heterocycles. The SMILES string of the molecule is CC(C)(C)OC(=O)CN(c1ccc2c(ccn2-c2cnc(N3CCOCC3=O)cn2)c1)S(=O)(=O)c1cc(Cl)cc(Cl)c1. The van der Waals surface area contributed by atoms with E-state index >= 15 is 0 Å². The van der Waals surface area contributed by atoms with Crippen molar-refractivity contribution < 1.29 is 27.5 Å². The van der Waals surface area contributed by atoms with Crippen LogP contribution in [0.1, 0.15) is 20.8 Å². The molecule has 2 aromatic carbocycles. The largest absolute Gasteiger partial charge is 0.459 e. The molecule has 0 radical (unpaired) electrons. The lowest BCUT2D eigenvalue weighted by Crippen LogP contribution is -2.42. The second kappa shape index (κ2) is 11.5. The van der Waals surface area contributed by atoms with Gasteiger partial charge in [0.2, 0.25) is 0 Å². The van der Waals surface area contributed by atoms with Crippen LogP contribution in [0.5, 0.6) is 0 Å². The summed E-state index contributed by atoms with van der Waals surface area (Å²) in [6, 6.07) is 10.7. The van der Waals surface area contributed by atoms with E-state index in [0.717, 1.165) is 4.31 Å². The van der Waals surface area contributed by atoms with Crippen LogP contribution >= 0.6 is 23.2 Å². The van der Waals surface area contributed by atoms with E-state index in [9.17, 15) is 18.0 Å². The Labute approximate surface area is 252 Å². The van der Waals surface area contributed by atoms with Crippen LogP contribution in [0, 0.1) is 0 Å². The number of sulfonamides is 1. The predicted molar refractivity (Wildman–Crippen MR) is 159 cm³/mol. The van der Waals surface area contributed by atoms with E-state index in [1.807, 2.05) is 0 Å². The van der Waals surface area contributed by atoms with Crippen molar-refractivity contribution in [1.29, 1.82) is 0 Å². The first kappa shape index (κ1) is 29.8. The number of aromatic nitrogens is 3. The summed E-state index contributed by atoms with van der Waals surface area (Å²) in [6.07, 6.45) is 4.83. The molecular formula is C28H27Cl2N5O6S. The molecule has 0 aliphatic carbocycles. The number of benzene rings is 2. The van der Waals surface area contributed by atoms with Gasteiger partial charge < -0.3 is 9.47 Å². The van der Waals surface area contributed by atoms with Crippen LogP contribution in [0.2, 0.25) is 10.0 Å². The lowest BCUT2D eigenvalue weighted by molar-refractivity contribution is -0.152. The number of hydrogen-bond acceptors (Lipinski definition) is 8. The number of rotatable bonds is 7. The van der Waals surface area contributed by atoms with Crippen LogP contribution in [0.4, 0.5) is 11.5 Å². The van der Waals surface area contributed by atoms with Crippen LogP contribution in [-0.4, -0.2) is 66.7 Å². The summed E-state index contributed by atoms with van der Waals surface area (Å²) in [7, 11) is -4.29. The van der Waals surface area contributed by atoms with Gasteiger partial charge in [-0.1, -0.05) is 23.2 Å². The average Bonchev–Trinajstić information content (AvgIpc) is 3.34. The van der Waals surface area contributed by atoms with E-state index in [1.165, 1.54) is 29.3 Å². The van der Waals surface area contributed by atoms with E-state index < -0.39 is 28.1 Å². The van der Waals surface area contributed by atoms with Crippen LogP contribution in [0.15, 0.2) is 66.0 Å². The van der Waals surface area contributed by atoms with E-state index in [4.69, 9.17) is 32.7 Å². The minimum absolute atomic E-state index is 0.000973. The summed E-state index contributed by atoms with van der Waals surface area (Å²) < 4.78 is 41.0. The highest BCUT2D eigenvalue weighted by Gasteiger charge is 2.30. The van der Waals surface area contributed by atoms with Gasteiger partial charge in [0, 0.05) is 21.6 Å². The van der Waals surface area contributed by atoms with Gasteiger partial charge in [-0.25, -0.2) is 18.4 Å². The molecule has 1 aliphatic rings. The van der Waals surface area contributed by atoms with Crippen molar-refractivity contribution in [1.82, 2.24) is 14.5 Å². The summed E-state index contributed by atoms with van der Waals surface area (Å²) >= 11 is 12.2. The Morgan fingerprint density at radius 2 is 1.74 bits per heavy atom. The van der Waals surface area contributed by atoms with E-state index in [1.54, 1.807) is 62.0 Å². The van der Waals surface area contributed by atoms with Crippen LogP contribution in [0.25, 0.3) is 16.7 Å². The van der Waals surface area contributed by atoms with Crippen molar-refractivity contribution in [2.45, 2.75) is 31.3 Å². The quantitative estimate of drug-likeness (QED) is 0.271. The first-order valence-electron chi connectivity index (χ1n) is 12.8. The van der Waals surface area contributed by atoms with Crippen LogP contribution in [0.3, 0.4) is 0 Å². The molecule has 11 nitrogen and oxygen atoms in total. The van der Waals surface area contributed by atoms with Crippen molar-refractivity contribution in [3.05, 3.63) is 71.1 Å². The summed E-state index contributed by atoms with van der Waals surface area (Å²) in [5.74, 6) is 0.00285. The number of carbonyl (C=O) groups excluding carboxylic acids is 2. The molecule has 3 heterocycles. The molecule has 14 heteroatoms. The summed E-state index contributed by atoms with van der Waals surface area (Å²) in [6.45, 7) is 5.33. The van der Waals surface area contributed by atoms with Gasteiger partial charge in [-0.2, -0.15) is 0 Å². The Morgan fingerprint density at radius 3 is 2.38 bits per heavy atom. The van der Waals surface area contributed by atoms with Gasteiger partial charge in [0.1, 0.15) is 18.8 Å². The molecule has 0 spiro atoms. The summed E-state index contributed by atoms with van der Waals surface area (Å²) in [4.78, 5) is 35.2. The number of carbonyl (C=O) groups is 2. The maximum absolute atomic E-state index is 13.8.